The molecule has 0 saturated heterocycles. The number of guanidine groups is 1. The van der Waals surface area contributed by atoms with E-state index in [0.29, 0.717) is 6.42 Å². The predicted octanol–water partition coefficient (Wildman–Crippen LogP) is 3.39. The number of alkyl halides is 3. The van der Waals surface area contributed by atoms with E-state index < -0.39 is 17.7 Å². The van der Waals surface area contributed by atoms with E-state index in [1.54, 1.807) is 14.2 Å². The standard InChI is InChI=1S/C19H21N3O2.C2HF3O2/c1-4-19(17(23)22(2)18(20)21-19)15-9-5-7-13(11-15)14-8-6-10-16(12-14)24-3;3-2(4,5)1(6)7/h5-12H,4H2,1-3H3,(H2,20,21);(H,6,7). The summed E-state index contributed by atoms with van der Waals surface area (Å²) in [6.07, 6.45) is -4.53. The van der Waals surface area contributed by atoms with Gasteiger partial charge in [-0.2, -0.15) is 13.2 Å². The van der Waals surface area contributed by atoms with Gasteiger partial charge in [-0.05, 0) is 41.3 Å². The molecule has 0 aliphatic carbocycles. The van der Waals surface area contributed by atoms with Crippen molar-refractivity contribution in [3.63, 3.8) is 0 Å². The molecule has 2 aromatic carbocycles. The van der Waals surface area contributed by atoms with Gasteiger partial charge in [0.15, 0.2) is 11.5 Å². The maximum Gasteiger partial charge on any atom is 0.490 e. The Morgan fingerprint density at radius 2 is 1.74 bits per heavy atom. The fraction of sp³-hybridized carbons (Fsp3) is 0.286. The van der Waals surface area contributed by atoms with Gasteiger partial charge in [-0.1, -0.05) is 37.3 Å². The molecule has 0 aromatic heterocycles. The van der Waals surface area contributed by atoms with Crippen LogP contribution in [0.3, 0.4) is 0 Å². The number of carboxylic acid groups (broad SMARTS) is 1. The number of carboxylic acids is 1. The Morgan fingerprint density at radius 1 is 1.19 bits per heavy atom. The van der Waals surface area contributed by atoms with Crippen molar-refractivity contribution in [1.82, 2.24) is 4.90 Å². The third kappa shape index (κ3) is 4.96. The lowest BCUT2D eigenvalue weighted by Gasteiger charge is -2.24. The summed E-state index contributed by atoms with van der Waals surface area (Å²) < 4.78 is 37.0. The van der Waals surface area contributed by atoms with E-state index in [1.165, 1.54) is 4.90 Å². The van der Waals surface area contributed by atoms with Gasteiger partial charge >= 0.3 is 12.1 Å². The van der Waals surface area contributed by atoms with Crippen LogP contribution in [-0.2, 0) is 15.1 Å². The second-order valence-electron chi connectivity index (χ2n) is 6.66. The van der Waals surface area contributed by atoms with Gasteiger partial charge in [-0.3, -0.25) is 9.69 Å². The molecular weight excluding hydrogens is 415 g/mol. The number of aliphatic carboxylic acids is 1. The molecule has 1 atom stereocenters. The molecule has 0 bridgehead atoms. The van der Waals surface area contributed by atoms with Crippen molar-refractivity contribution >= 4 is 17.8 Å². The number of nitrogens with two attached hydrogens (primary N) is 1. The first-order valence-corrected chi connectivity index (χ1v) is 9.14. The molecule has 10 heteroatoms. The van der Waals surface area contributed by atoms with E-state index in [2.05, 4.69) is 4.99 Å². The molecule has 0 saturated carbocycles. The number of ether oxygens (including phenoxy) is 1. The zero-order valence-electron chi connectivity index (χ0n) is 17.1. The van der Waals surface area contributed by atoms with Crippen molar-refractivity contribution in [2.45, 2.75) is 25.1 Å². The molecule has 0 spiro atoms. The minimum absolute atomic E-state index is 0.0923. The van der Waals surface area contributed by atoms with E-state index in [1.807, 2.05) is 55.5 Å². The van der Waals surface area contributed by atoms with Crippen LogP contribution >= 0.6 is 0 Å². The average Bonchev–Trinajstić information content (AvgIpc) is 2.98. The van der Waals surface area contributed by atoms with E-state index in [4.69, 9.17) is 20.4 Å². The van der Waals surface area contributed by atoms with Crippen molar-refractivity contribution in [2.75, 3.05) is 14.2 Å². The normalized spacial score (nSPS) is 18.2. The van der Waals surface area contributed by atoms with E-state index >= 15 is 0 Å². The number of hydrogen-bond donors (Lipinski definition) is 2. The number of aliphatic imine (C=N–C) groups is 1. The highest BCUT2D eigenvalue weighted by molar-refractivity contribution is 6.07. The Kier molecular flexibility index (Phi) is 6.94. The van der Waals surface area contributed by atoms with Crippen molar-refractivity contribution in [3.05, 3.63) is 54.1 Å². The quantitative estimate of drug-likeness (QED) is 0.763. The maximum atomic E-state index is 12.7. The molecule has 166 valence electrons. The Labute approximate surface area is 176 Å². The van der Waals surface area contributed by atoms with Crippen LogP contribution in [0.15, 0.2) is 53.5 Å². The molecule has 7 nitrogen and oxygen atoms in total. The number of methoxy groups -OCH3 is 1. The van der Waals surface area contributed by atoms with Crippen LogP contribution < -0.4 is 10.5 Å². The first-order chi connectivity index (χ1) is 14.5. The number of rotatable bonds is 4. The number of nitrogens with zero attached hydrogens (tertiary/aromatic N) is 2. The summed E-state index contributed by atoms with van der Waals surface area (Å²) >= 11 is 0. The smallest absolute Gasteiger partial charge is 0.490 e. The minimum Gasteiger partial charge on any atom is -0.497 e. The number of likely N-dealkylation sites (N-methyl/N-ethyl adjacent to an activating group) is 1. The molecule has 3 N–H and O–H groups in total. The number of carbonyl (C=O) groups excluding carboxylic acids is 1. The van der Waals surface area contributed by atoms with E-state index in [9.17, 15) is 18.0 Å². The van der Waals surface area contributed by atoms with Gasteiger partial charge in [-0.25, -0.2) is 9.79 Å². The van der Waals surface area contributed by atoms with E-state index in [0.717, 1.165) is 22.4 Å². The summed E-state index contributed by atoms with van der Waals surface area (Å²) in [5, 5.41) is 7.12. The molecule has 3 rings (SSSR count). The molecule has 1 unspecified atom stereocenters. The number of carbonyl (C=O) groups is 2. The monoisotopic (exact) mass is 437 g/mol. The van der Waals surface area contributed by atoms with Crippen molar-refractivity contribution in [2.24, 2.45) is 10.7 Å². The number of benzene rings is 2. The molecule has 0 radical (unpaired) electrons. The van der Waals surface area contributed by atoms with Crippen molar-refractivity contribution in [1.29, 1.82) is 0 Å². The van der Waals surface area contributed by atoms with Crippen molar-refractivity contribution < 1.29 is 32.6 Å². The second kappa shape index (κ2) is 9.07. The molecular formula is C21H22F3N3O4. The molecule has 31 heavy (non-hydrogen) atoms. The van der Waals surface area contributed by atoms with E-state index in [-0.39, 0.29) is 11.9 Å². The van der Waals surface area contributed by atoms with Gasteiger partial charge < -0.3 is 15.6 Å². The Bertz CT molecular complexity index is 1010. The highest BCUT2D eigenvalue weighted by atomic mass is 19.4. The number of amides is 1. The Balaban J connectivity index is 0.000000423. The van der Waals surface area contributed by atoms with Crippen LogP contribution in [0.25, 0.3) is 11.1 Å². The fourth-order valence-electron chi connectivity index (χ4n) is 3.08. The van der Waals surface area contributed by atoms with Gasteiger partial charge in [0, 0.05) is 7.05 Å². The number of hydrogen-bond acceptors (Lipinski definition) is 5. The van der Waals surface area contributed by atoms with Gasteiger partial charge in [0.05, 0.1) is 7.11 Å². The highest BCUT2D eigenvalue weighted by Gasteiger charge is 2.46. The first-order valence-electron chi connectivity index (χ1n) is 9.14. The minimum atomic E-state index is -5.08. The van der Waals surface area contributed by atoms with Crippen LogP contribution in [0.1, 0.15) is 18.9 Å². The van der Waals surface area contributed by atoms with Gasteiger partial charge in [0.25, 0.3) is 5.91 Å². The average molecular weight is 437 g/mol. The van der Waals surface area contributed by atoms with Crippen LogP contribution in [0, 0.1) is 0 Å². The van der Waals surface area contributed by atoms with Gasteiger partial charge in [0.1, 0.15) is 5.75 Å². The summed E-state index contributed by atoms with van der Waals surface area (Å²) in [6, 6.07) is 15.7. The lowest BCUT2D eigenvalue weighted by Crippen LogP contribution is -2.40. The molecule has 0 fully saturated rings. The van der Waals surface area contributed by atoms with Crippen LogP contribution in [-0.4, -0.2) is 48.2 Å². The summed E-state index contributed by atoms with van der Waals surface area (Å²) in [5.74, 6) is -1.80. The predicted molar refractivity (Wildman–Crippen MR) is 108 cm³/mol. The molecule has 1 heterocycles. The van der Waals surface area contributed by atoms with Crippen LogP contribution in [0.2, 0.25) is 0 Å². The largest absolute Gasteiger partial charge is 0.497 e. The molecule has 2 aromatic rings. The summed E-state index contributed by atoms with van der Waals surface area (Å²) in [5.41, 5.74) is 7.83. The third-order valence-corrected chi connectivity index (χ3v) is 4.80. The SMILES string of the molecule is CCC1(c2cccc(-c3cccc(OC)c3)c2)N=C(N)N(C)C1=O.O=C(O)C(F)(F)F. The van der Waals surface area contributed by atoms with Gasteiger partial charge in [-0.15, -0.1) is 0 Å². The third-order valence-electron chi connectivity index (χ3n) is 4.80. The second-order valence-corrected chi connectivity index (χ2v) is 6.66. The topological polar surface area (TPSA) is 105 Å². The lowest BCUT2D eigenvalue weighted by molar-refractivity contribution is -0.192. The number of halogens is 3. The molecule has 1 aliphatic heterocycles. The summed E-state index contributed by atoms with van der Waals surface area (Å²) in [7, 11) is 3.30. The fourth-order valence-corrected chi connectivity index (χ4v) is 3.08. The zero-order valence-corrected chi connectivity index (χ0v) is 17.1. The Morgan fingerprint density at radius 3 is 2.19 bits per heavy atom. The molecule has 1 amide bonds. The molecule has 1 aliphatic rings. The first kappa shape index (κ1) is 23.7. The summed E-state index contributed by atoms with van der Waals surface area (Å²) in [4.78, 5) is 27.5. The van der Waals surface area contributed by atoms with Crippen molar-refractivity contribution in [3.8, 4) is 16.9 Å². The highest BCUT2D eigenvalue weighted by Crippen LogP contribution is 2.37. The van der Waals surface area contributed by atoms with Crippen LogP contribution in [0.4, 0.5) is 13.2 Å². The maximum absolute atomic E-state index is 12.7. The summed E-state index contributed by atoms with van der Waals surface area (Å²) in [6.45, 7) is 1.95. The zero-order chi connectivity index (χ0) is 23.4. The lowest BCUT2D eigenvalue weighted by atomic mass is 9.85. The Hall–Kier alpha value is -3.56. The van der Waals surface area contributed by atoms with Gasteiger partial charge in [0.2, 0.25) is 0 Å². The van der Waals surface area contributed by atoms with Crippen LogP contribution in [0.5, 0.6) is 5.75 Å².